The van der Waals surface area contributed by atoms with Gasteiger partial charge in [0.05, 0.1) is 39.3 Å². The van der Waals surface area contributed by atoms with Crippen molar-refractivity contribution in [3.63, 3.8) is 0 Å². The third kappa shape index (κ3) is 3.84. The highest BCUT2D eigenvalue weighted by atomic mass is 16.5. The molecule has 32 heavy (non-hydrogen) atoms. The number of hydrogen-bond acceptors (Lipinski definition) is 5. The second kappa shape index (κ2) is 9.22. The van der Waals surface area contributed by atoms with Crippen LogP contribution in [0.15, 0.2) is 59.4 Å². The van der Waals surface area contributed by atoms with Crippen molar-refractivity contribution in [2.75, 3.05) is 28.4 Å². The summed E-state index contributed by atoms with van der Waals surface area (Å²) in [7, 11) is 6.35. The first kappa shape index (κ1) is 21.6. The van der Waals surface area contributed by atoms with E-state index in [4.69, 9.17) is 18.9 Å². The monoisotopic (exact) mass is 433 g/mol. The third-order valence-corrected chi connectivity index (χ3v) is 5.77. The number of rotatable bonds is 8. The average Bonchev–Trinajstić information content (AvgIpc) is 2.84. The number of aromatic nitrogens is 1. The predicted molar refractivity (Wildman–Crippen MR) is 127 cm³/mol. The summed E-state index contributed by atoms with van der Waals surface area (Å²) in [5.74, 6) is 2.27. The van der Waals surface area contributed by atoms with Crippen LogP contribution in [0.3, 0.4) is 0 Å². The van der Waals surface area contributed by atoms with Crippen molar-refractivity contribution in [2.45, 2.75) is 19.4 Å². The Morgan fingerprint density at radius 1 is 0.688 bits per heavy atom. The zero-order valence-electron chi connectivity index (χ0n) is 18.8. The summed E-state index contributed by atoms with van der Waals surface area (Å²) in [6, 6.07) is 17.7. The molecule has 0 unspecified atom stereocenters. The highest BCUT2D eigenvalue weighted by molar-refractivity contribution is 6.07. The molecule has 166 valence electrons. The predicted octanol–water partition coefficient (Wildman–Crippen LogP) is 4.82. The second-order valence-corrected chi connectivity index (χ2v) is 7.52. The van der Waals surface area contributed by atoms with Crippen molar-refractivity contribution in [1.29, 1.82) is 0 Å². The van der Waals surface area contributed by atoms with Gasteiger partial charge in [0.1, 0.15) is 0 Å². The van der Waals surface area contributed by atoms with Crippen LogP contribution in [0.1, 0.15) is 12.0 Å². The fourth-order valence-corrected chi connectivity index (χ4v) is 4.15. The minimum absolute atomic E-state index is 0.0752. The Morgan fingerprint density at radius 3 is 1.81 bits per heavy atom. The van der Waals surface area contributed by atoms with E-state index in [0.29, 0.717) is 34.9 Å². The molecule has 0 bridgehead atoms. The minimum Gasteiger partial charge on any atom is -0.493 e. The van der Waals surface area contributed by atoms with Crippen molar-refractivity contribution in [3.05, 3.63) is 70.5 Å². The molecule has 0 saturated carbocycles. The molecule has 0 aliphatic heterocycles. The van der Waals surface area contributed by atoms with Gasteiger partial charge in [-0.15, -0.1) is 0 Å². The van der Waals surface area contributed by atoms with Gasteiger partial charge in [0, 0.05) is 23.4 Å². The molecule has 0 spiro atoms. The lowest BCUT2D eigenvalue weighted by Gasteiger charge is -2.17. The Kier molecular flexibility index (Phi) is 6.21. The molecule has 1 heterocycles. The van der Waals surface area contributed by atoms with Crippen molar-refractivity contribution < 1.29 is 18.9 Å². The number of fused-ring (bicyclic) bond motifs is 3. The van der Waals surface area contributed by atoms with Gasteiger partial charge in [0.25, 0.3) is 5.56 Å². The number of methoxy groups -OCH3 is 4. The fourth-order valence-electron chi connectivity index (χ4n) is 4.15. The van der Waals surface area contributed by atoms with Crippen LogP contribution in [-0.2, 0) is 13.0 Å². The van der Waals surface area contributed by atoms with Crippen LogP contribution in [0.25, 0.3) is 21.7 Å². The Morgan fingerprint density at radius 2 is 1.22 bits per heavy atom. The van der Waals surface area contributed by atoms with Crippen LogP contribution in [0.4, 0.5) is 0 Å². The van der Waals surface area contributed by atoms with Crippen LogP contribution < -0.4 is 24.5 Å². The number of hydrogen-bond donors (Lipinski definition) is 0. The summed E-state index contributed by atoms with van der Waals surface area (Å²) in [4.78, 5) is 13.6. The third-order valence-electron chi connectivity index (χ3n) is 5.77. The van der Waals surface area contributed by atoms with Crippen LogP contribution in [-0.4, -0.2) is 33.0 Å². The zero-order valence-corrected chi connectivity index (χ0v) is 18.8. The van der Waals surface area contributed by atoms with E-state index in [1.54, 1.807) is 34.5 Å². The largest absolute Gasteiger partial charge is 0.493 e. The summed E-state index contributed by atoms with van der Waals surface area (Å²) in [5, 5.41) is 2.24. The number of nitrogens with zero attached hydrogens (tertiary/aromatic N) is 1. The average molecular weight is 434 g/mol. The molecule has 3 aromatic carbocycles. The van der Waals surface area contributed by atoms with Gasteiger partial charge < -0.3 is 23.5 Å². The highest BCUT2D eigenvalue weighted by Crippen LogP contribution is 2.38. The van der Waals surface area contributed by atoms with E-state index in [-0.39, 0.29) is 5.56 Å². The van der Waals surface area contributed by atoms with E-state index in [2.05, 4.69) is 12.1 Å². The number of aryl methyl sites for hydroxylation is 2. The maximum absolute atomic E-state index is 13.6. The Bertz CT molecular complexity index is 1310. The summed E-state index contributed by atoms with van der Waals surface area (Å²) in [6.07, 6.45) is 1.71. The molecule has 0 amide bonds. The van der Waals surface area contributed by atoms with Crippen molar-refractivity contribution in [3.8, 4) is 23.0 Å². The van der Waals surface area contributed by atoms with E-state index >= 15 is 0 Å². The van der Waals surface area contributed by atoms with Crippen LogP contribution >= 0.6 is 0 Å². The highest BCUT2D eigenvalue weighted by Gasteiger charge is 2.18. The normalized spacial score (nSPS) is 11.0. The first-order valence-corrected chi connectivity index (χ1v) is 10.5. The van der Waals surface area contributed by atoms with Gasteiger partial charge in [-0.3, -0.25) is 4.79 Å². The Balaban J connectivity index is 1.93. The Hall–Kier alpha value is -3.67. The number of benzene rings is 3. The smallest absolute Gasteiger partial charge is 0.259 e. The summed E-state index contributed by atoms with van der Waals surface area (Å²) < 4.78 is 23.8. The van der Waals surface area contributed by atoms with Gasteiger partial charge in [-0.05, 0) is 36.6 Å². The van der Waals surface area contributed by atoms with Gasteiger partial charge in [0.2, 0.25) is 0 Å². The molecule has 6 heteroatoms. The van der Waals surface area contributed by atoms with Gasteiger partial charge in [0.15, 0.2) is 23.0 Å². The van der Waals surface area contributed by atoms with E-state index in [9.17, 15) is 4.79 Å². The van der Waals surface area contributed by atoms with E-state index < -0.39 is 0 Å². The topological polar surface area (TPSA) is 58.9 Å². The van der Waals surface area contributed by atoms with Crippen molar-refractivity contribution in [1.82, 2.24) is 4.57 Å². The summed E-state index contributed by atoms with van der Waals surface area (Å²) in [6.45, 7) is 0.573. The lowest BCUT2D eigenvalue weighted by molar-refractivity contribution is 0.355. The van der Waals surface area contributed by atoms with Crippen LogP contribution in [0.2, 0.25) is 0 Å². The Labute approximate surface area is 186 Å². The lowest BCUT2D eigenvalue weighted by atomic mass is 10.0. The molecule has 1 aromatic heterocycles. The first-order chi connectivity index (χ1) is 15.6. The van der Waals surface area contributed by atoms with Crippen molar-refractivity contribution >= 4 is 21.7 Å². The SMILES string of the molecule is COc1cc2c(=O)n(CCCc3ccccc3)c3cc(OC)c(OC)cc3c2cc1OC. The fraction of sp³-hybridized carbons (Fsp3) is 0.269. The van der Waals surface area contributed by atoms with E-state index in [1.807, 2.05) is 41.0 Å². The quantitative estimate of drug-likeness (QED) is 0.373. The molecule has 0 N–H and O–H groups in total. The molecular weight excluding hydrogens is 406 g/mol. The number of pyridine rings is 1. The first-order valence-electron chi connectivity index (χ1n) is 10.5. The maximum atomic E-state index is 13.6. The molecule has 0 fully saturated rings. The van der Waals surface area contributed by atoms with Crippen LogP contribution in [0.5, 0.6) is 23.0 Å². The molecule has 6 nitrogen and oxygen atoms in total. The maximum Gasteiger partial charge on any atom is 0.259 e. The molecule has 0 aliphatic carbocycles. The van der Waals surface area contributed by atoms with Gasteiger partial charge in [-0.25, -0.2) is 0 Å². The summed E-state index contributed by atoms with van der Waals surface area (Å²) >= 11 is 0. The van der Waals surface area contributed by atoms with E-state index in [1.165, 1.54) is 5.56 Å². The molecule has 0 saturated heterocycles. The molecule has 4 aromatic rings. The molecule has 0 atom stereocenters. The molecule has 0 radical (unpaired) electrons. The molecule has 4 rings (SSSR count). The number of ether oxygens (including phenoxy) is 4. The summed E-state index contributed by atoms with van der Waals surface area (Å²) in [5.41, 5.74) is 1.96. The lowest BCUT2D eigenvalue weighted by Crippen LogP contribution is -2.21. The minimum atomic E-state index is -0.0752. The van der Waals surface area contributed by atoms with E-state index in [0.717, 1.165) is 29.1 Å². The molecule has 0 aliphatic rings. The van der Waals surface area contributed by atoms with Gasteiger partial charge in [-0.2, -0.15) is 0 Å². The second-order valence-electron chi connectivity index (χ2n) is 7.52. The molecular formula is C26H27NO5. The van der Waals surface area contributed by atoms with Gasteiger partial charge >= 0.3 is 0 Å². The van der Waals surface area contributed by atoms with Crippen LogP contribution in [0, 0.1) is 0 Å². The van der Waals surface area contributed by atoms with Gasteiger partial charge in [-0.1, -0.05) is 30.3 Å². The standard InChI is InChI=1S/C26H27NO5/c1-29-22-13-18-19-14-23(30-2)25(32-4)16-21(19)27(26(28)20(18)15-24(22)31-3)12-8-11-17-9-6-5-7-10-17/h5-7,9-10,13-16H,8,11-12H2,1-4H3. The zero-order chi connectivity index (χ0) is 22.7. The van der Waals surface area contributed by atoms with Crippen molar-refractivity contribution in [2.24, 2.45) is 0 Å².